The molecule has 4 nitrogen and oxygen atoms in total. The zero-order valence-corrected chi connectivity index (χ0v) is 9.14. The molecule has 1 aromatic carbocycles. The Balaban J connectivity index is 2.54. The number of para-hydroxylation sites is 1. The number of carbonyl (C=O) groups is 1. The number of ketones is 1. The molecule has 0 radical (unpaired) electrons. The van der Waals surface area contributed by atoms with Crippen LogP contribution in [0.4, 0.5) is 0 Å². The number of benzene rings is 1. The van der Waals surface area contributed by atoms with E-state index < -0.39 is 0 Å². The van der Waals surface area contributed by atoms with Gasteiger partial charge in [-0.25, -0.2) is 0 Å². The van der Waals surface area contributed by atoms with Gasteiger partial charge in [-0.3, -0.25) is 9.48 Å². The summed E-state index contributed by atoms with van der Waals surface area (Å²) in [5, 5.41) is 13.9. The highest BCUT2D eigenvalue weighted by molar-refractivity contribution is 5.93. The molecule has 1 aromatic heterocycles. The molecule has 1 heterocycles. The van der Waals surface area contributed by atoms with Crippen LogP contribution in [0.5, 0.6) is 5.75 Å². The molecule has 0 aliphatic carbocycles. The topological polar surface area (TPSA) is 55.1 Å². The number of aromatic hydroxyl groups is 1. The van der Waals surface area contributed by atoms with Crippen molar-refractivity contribution in [3.63, 3.8) is 0 Å². The third-order valence-electron chi connectivity index (χ3n) is 2.42. The zero-order chi connectivity index (χ0) is 11.7. The van der Waals surface area contributed by atoms with Crippen LogP contribution in [0.1, 0.15) is 17.4 Å². The number of aromatic nitrogens is 2. The number of Topliss-reactive ketones (excluding diaryl/α,β-unsaturated/α-hetero) is 1. The lowest BCUT2D eigenvalue weighted by molar-refractivity contribution is 0.100. The smallest absolute Gasteiger partial charge is 0.177 e. The number of phenolic OH excluding ortho intramolecular Hbond substituents is 1. The average Bonchev–Trinajstić information content (AvgIpc) is 2.61. The van der Waals surface area contributed by atoms with E-state index in [1.807, 2.05) is 6.07 Å². The van der Waals surface area contributed by atoms with Gasteiger partial charge in [0.2, 0.25) is 0 Å². The zero-order valence-electron chi connectivity index (χ0n) is 9.14. The molecule has 82 valence electrons. The molecular formula is C12H12N2O2. The first-order chi connectivity index (χ1) is 7.59. The van der Waals surface area contributed by atoms with Gasteiger partial charge in [-0.05, 0) is 18.2 Å². The van der Waals surface area contributed by atoms with E-state index in [9.17, 15) is 9.90 Å². The Hall–Kier alpha value is -2.10. The van der Waals surface area contributed by atoms with Crippen LogP contribution in [0.2, 0.25) is 0 Å². The molecule has 0 aliphatic heterocycles. The fourth-order valence-electron chi connectivity index (χ4n) is 1.62. The summed E-state index contributed by atoms with van der Waals surface area (Å²) >= 11 is 0. The van der Waals surface area contributed by atoms with Crippen molar-refractivity contribution < 1.29 is 9.90 Å². The second-order valence-electron chi connectivity index (χ2n) is 3.61. The van der Waals surface area contributed by atoms with E-state index in [0.29, 0.717) is 17.0 Å². The number of carbonyl (C=O) groups excluding carboxylic acids is 1. The molecule has 2 aromatic rings. The van der Waals surface area contributed by atoms with Crippen molar-refractivity contribution in [3.8, 4) is 17.0 Å². The highest BCUT2D eigenvalue weighted by Crippen LogP contribution is 2.27. The molecule has 0 aliphatic rings. The first kappa shape index (κ1) is 10.4. The maximum absolute atomic E-state index is 11.3. The van der Waals surface area contributed by atoms with Gasteiger partial charge >= 0.3 is 0 Å². The predicted octanol–water partition coefficient (Wildman–Crippen LogP) is 2.00. The highest BCUT2D eigenvalue weighted by atomic mass is 16.3. The number of nitrogens with zero attached hydrogens (tertiary/aromatic N) is 2. The molecule has 0 amide bonds. The van der Waals surface area contributed by atoms with Crippen LogP contribution in [-0.2, 0) is 7.05 Å². The van der Waals surface area contributed by atoms with Gasteiger partial charge in [-0.15, -0.1) is 0 Å². The monoisotopic (exact) mass is 216 g/mol. The molecule has 0 spiro atoms. The van der Waals surface area contributed by atoms with Crippen molar-refractivity contribution in [2.45, 2.75) is 6.92 Å². The van der Waals surface area contributed by atoms with E-state index in [2.05, 4.69) is 5.10 Å². The van der Waals surface area contributed by atoms with E-state index in [1.54, 1.807) is 31.3 Å². The van der Waals surface area contributed by atoms with Gasteiger partial charge in [-0.1, -0.05) is 12.1 Å². The van der Waals surface area contributed by atoms with Crippen LogP contribution >= 0.6 is 0 Å². The summed E-state index contributed by atoms with van der Waals surface area (Å²) in [7, 11) is 1.71. The lowest BCUT2D eigenvalue weighted by atomic mass is 10.1. The van der Waals surface area contributed by atoms with Crippen molar-refractivity contribution in [3.05, 3.63) is 36.0 Å². The summed E-state index contributed by atoms with van der Waals surface area (Å²) in [6, 6.07) is 8.60. The number of rotatable bonds is 2. The van der Waals surface area contributed by atoms with Gasteiger partial charge in [0.1, 0.15) is 11.4 Å². The molecule has 2 rings (SSSR count). The van der Waals surface area contributed by atoms with Gasteiger partial charge in [0.15, 0.2) is 5.78 Å². The number of hydrogen-bond donors (Lipinski definition) is 1. The fourth-order valence-corrected chi connectivity index (χ4v) is 1.62. The lowest BCUT2D eigenvalue weighted by Crippen LogP contribution is -2.02. The minimum absolute atomic E-state index is 0.0447. The largest absolute Gasteiger partial charge is 0.507 e. The molecule has 0 bridgehead atoms. The number of aryl methyl sites for hydroxylation is 1. The van der Waals surface area contributed by atoms with Crippen molar-refractivity contribution in [2.24, 2.45) is 7.05 Å². The molecule has 0 unspecified atom stereocenters. The molecule has 0 atom stereocenters. The summed E-state index contributed by atoms with van der Waals surface area (Å²) in [5.74, 6) is 0.118. The normalized spacial score (nSPS) is 10.4. The van der Waals surface area contributed by atoms with E-state index in [0.717, 1.165) is 0 Å². The first-order valence-electron chi connectivity index (χ1n) is 4.93. The van der Waals surface area contributed by atoms with Crippen molar-refractivity contribution in [1.29, 1.82) is 0 Å². The lowest BCUT2D eigenvalue weighted by Gasteiger charge is -1.98. The van der Waals surface area contributed by atoms with Crippen LogP contribution in [0.3, 0.4) is 0 Å². The maximum Gasteiger partial charge on any atom is 0.177 e. The fraction of sp³-hybridized carbons (Fsp3) is 0.167. The highest BCUT2D eigenvalue weighted by Gasteiger charge is 2.12. The summed E-state index contributed by atoms with van der Waals surface area (Å²) in [6.45, 7) is 1.49. The van der Waals surface area contributed by atoms with Gasteiger partial charge < -0.3 is 5.11 Å². The summed E-state index contributed by atoms with van der Waals surface area (Å²) in [4.78, 5) is 11.3. The minimum atomic E-state index is -0.0447. The molecular weight excluding hydrogens is 204 g/mol. The Morgan fingerprint density at radius 2 is 2.06 bits per heavy atom. The van der Waals surface area contributed by atoms with Gasteiger partial charge in [0.25, 0.3) is 0 Å². The second-order valence-corrected chi connectivity index (χ2v) is 3.61. The molecule has 0 saturated carbocycles. The number of phenols is 1. The van der Waals surface area contributed by atoms with Crippen molar-refractivity contribution >= 4 is 5.78 Å². The molecule has 0 saturated heterocycles. The Kier molecular flexibility index (Phi) is 2.48. The van der Waals surface area contributed by atoms with Crippen LogP contribution in [0.25, 0.3) is 11.3 Å². The standard InChI is InChI=1S/C12H12N2O2/c1-8(15)11-7-10(13-14(11)2)9-5-3-4-6-12(9)16/h3-7,16H,1-2H3. The van der Waals surface area contributed by atoms with E-state index >= 15 is 0 Å². The van der Waals surface area contributed by atoms with Gasteiger partial charge in [0, 0.05) is 19.5 Å². The Bertz CT molecular complexity index is 544. The molecule has 4 heteroatoms. The summed E-state index contributed by atoms with van der Waals surface area (Å²) in [6.07, 6.45) is 0. The van der Waals surface area contributed by atoms with Gasteiger partial charge in [-0.2, -0.15) is 5.10 Å². The summed E-state index contributed by atoms with van der Waals surface area (Å²) < 4.78 is 1.52. The quantitative estimate of drug-likeness (QED) is 0.781. The van der Waals surface area contributed by atoms with E-state index in [1.165, 1.54) is 11.6 Å². The Morgan fingerprint density at radius 3 is 2.62 bits per heavy atom. The molecule has 1 N–H and O–H groups in total. The Morgan fingerprint density at radius 1 is 1.38 bits per heavy atom. The van der Waals surface area contributed by atoms with E-state index in [4.69, 9.17) is 0 Å². The Labute approximate surface area is 93.1 Å². The molecule has 0 fully saturated rings. The maximum atomic E-state index is 11.3. The van der Waals surface area contributed by atoms with Crippen molar-refractivity contribution in [2.75, 3.05) is 0 Å². The SMILES string of the molecule is CC(=O)c1cc(-c2ccccc2O)nn1C. The molecule has 16 heavy (non-hydrogen) atoms. The van der Waals surface area contributed by atoms with E-state index in [-0.39, 0.29) is 11.5 Å². The third kappa shape index (κ3) is 1.69. The third-order valence-corrected chi connectivity index (χ3v) is 2.42. The van der Waals surface area contributed by atoms with Crippen molar-refractivity contribution in [1.82, 2.24) is 9.78 Å². The minimum Gasteiger partial charge on any atom is -0.507 e. The summed E-state index contributed by atoms with van der Waals surface area (Å²) in [5.41, 5.74) is 1.76. The van der Waals surface area contributed by atoms with Gasteiger partial charge in [0.05, 0.1) is 5.69 Å². The first-order valence-corrected chi connectivity index (χ1v) is 4.93. The van der Waals surface area contributed by atoms with Crippen LogP contribution in [0.15, 0.2) is 30.3 Å². The van der Waals surface area contributed by atoms with Crippen LogP contribution in [0, 0.1) is 0 Å². The van der Waals surface area contributed by atoms with Crippen LogP contribution < -0.4 is 0 Å². The average molecular weight is 216 g/mol. The number of hydrogen-bond acceptors (Lipinski definition) is 3. The van der Waals surface area contributed by atoms with Crippen LogP contribution in [-0.4, -0.2) is 20.7 Å². The second kappa shape index (κ2) is 3.81. The predicted molar refractivity (Wildman–Crippen MR) is 60.3 cm³/mol.